The van der Waals surface area contributed by atoms with Gasteiger partial charge in [0, 0.05) is 11.5 Å². The fourth-order valence-electron chi connectivity index (χ4n) is 4.12. The predicted molar refractivity (Wildman–Crippen MR) is 120 cm³/mol. The van der Waals surface area contributed by atoms with Crippen molar-refractivity contribution in [3.05, 3.63) is 57.6 Å². The van der Waals surface area contributed by atoms with Crippen molar-refractivity contribution in [1.29, 1.82) is 0 Å². The number of hydrogen-bond donors (Lipinski definition) is 2. The molecule has 0 aliphatic carbocycles. The largest absolute Gasteiger partial charge is 0.508 e. The molecule has 1 atom stereocenters. The highest BCUT2D eigenvalue weighted by Crippen LogP contribution is 2.41. The molecule has 0 aliphatic heterocycles. The molecule has 2 aromatic rings. The van der Waals surface area contributed by atoms with Gasteiger partial charge in [-0.1, -0.05) is 58.2 Å². The molecule has 1 unspecified atom stereocenters. The van der Waals surface area contributed by atoms with Crippen molar-refractivity contribution >= 4 is 0 Å². The third-order valence-corrected chi connectivity index (χ3v) is 5.79. The van der Waals surface area contributed by atoms with Crippen LogP contribution in [0.25, 0.3) is 0 Å². The zero-order valence-electron chi connectivity index (χ0n) is 18.4. The first-order chi connectivity index (χ1) is 13.4. The lowest BCUT2D eigenvalue weighted by Gasteiger charge is -2.24. The van der Waals surface area contributed by atoms with E-state index in [0.717, 1.165) is 61.6 Å². The van der Waals surface area contributed by atoms with E-state index in [1.165, 1.54) is 23.1 Å². The van der Waals surface area contributed by atoms with Gasteiger partial charge < -0.3 is 10.2 Å². The van der Waals surface area contributed by atoms with Gasteiger partial charge in [0.15, 0.2) is 0 Å². The van der Waals surface area contributed by atoms with Gasteiger partial charge in [0.1, 0.15) is 11.5 Å². The van der Waals surface area contributed by atoms with Crippen LogP contribution in [0.5, 0.6) is 11.5 Å². The van der Waals surface area contributed by atoms with Crippen molar-refractivity contribution < 1.29 is 10.2 Å². The highest BCUT2D eigenvalue weighted by Gasteiger charge is 2.22. The lowest BCUT2D eigenvalue weighted by atomic mass is 9.81. The van der Waals surface area contributed by atoms with Gasteiger partial charge in [0.25, 0.3) is 0 Å². The molecule has 0 saturated carbocycles. The molecule has 0 saturated heterocycles. The summed E-state index contributed by atoms with van der Waals surface area (Å²) in [7, 11) is 0. The van der Waals surface area contributed by atoms with E-state index < -0.39 is 0 Å². The van der Waals surface area contributed by atoms with Crippen LogP contribution >= 0.6 is 0 Å². The Kier molecular flexibility index (Phi) is 8.41. The van der Waals surface area contributed by atoms with Crippen LogP contribution in [-0.2, 0) is 12.8 Å². The molecular formula is C26H38O2. The lowest BCUT2D eigenvalue weighted by molar-refractivity contribution is 0.455. The van der Waals surface area contributed by atoms with Crippen molar-refractivity contribution in [2.45, 2.75) is 91.9 Å². The Hall–Kier alpha value is -1.96. The quantitative estimate of drug-likeness (QED) is 0.451. The van der Waals surface area contributed by atoms with Gasteiger partial charge in [-0.3, -0.25) is 0 Å². The van der Waals surface area contributed by atoms with Gasteiger partial charge in [0.05, 0.1) is 0 Å². The molecule has 0 bridgehead atoms. The van der Waals surface area contributed by atoms with Gasteiger partial charge in [0.2, 0.25) is 0 Å². The number of aryl methyl sites for hydroxylation is 4. The second kappa shape index (κ2) is 10.5. The van der Waals surface area contributed by atoms with Gasteiger partial charge in [-0.05, 0) is 79.8 Å². The predicted octanol–water partition coefficient (Wildman–Crippen LogP) is 7.33. The third kappa shape index (κ3) is 5.31. The zero-order valence-corrected chi connectivity index (χ0v) is 18.4. The van der Waals surface area contributed by atoms with E-state index >= 15 is 0 Å². The van der Waals surface area contributed by atoms with Crippen molar-refractivity contribution in [1.82, 2.24) is 0 Å². The van der Waals surface area contributed by atoms with Gasteiger partial charge in [-0.25, -0.2) is 0 Å². The van der Waals surface area contributed by atoms with Crippen LogP contribution in [0.1, 0.15) is 98.6 Å². The molecule has 2 N–H and O–H groups in total. The van der Waals surface area contributed by atoms with E-state index in [-0.39, 0.29) is 5.92 Å². The van der Waals surface area contributed by atoms with Crippen molar-refractivity contribution in [2.75, 3.05) is 0 Å². The third-order valence-electron chi connectivity index (χ3n) is 5.79. The molecule has 28 heavy (non-hydrogen) atoms. The molecule has 0 radical (unpaired) electrons. The molecule has 2 rings (SSSR count). The normalized spacial score (nSPS) is 12.3. The minimum atomic E-state index is 0.114. The molecule has 0 aliphatic rings. The monoisotopic (exact) mass is 382 g/mol. The van der Waals surface area contributed by atoms with Crippen LogP contribution in [0.3, 0.4) is 0 Å². The van der Waals surface area contributed by atoms with Gasteiger partial charge in [-0.2, -0.15) is 0 Å². The van der Waals surface area contributed by atoms with Crippen LogP contribution in [0.15, 0.2) is 24.3 Å². The van der Waals surface area contributed by atoms with Crippen LogP contribution < -0.4 is 0 Å². The Bertz CT molecular complexity index is 776. The first-order valence-corrected chi connectivity index (χ1v) is 11.1. The average molecular weight is 383 g/mol. The molecule has 0 heterocycles. The summed E-state index contributed by atoms with van der Waals surface area (Å²) in [6.07, 6.45) is 8.67. The highest BCUT2D eigenvalue weighted by atomic mass is 16.3. The maximum absolute atomic E-state index is 10.9. The number of rotatable bonds is 10. The number of phenols is 2. The topological polar surface area (TPSA) is 40.5 Å². The average Bonchev–Trinajstić information content (AvgIpc) is 2.68. The molecule has 0 aromatic heterocycles. The standard InChI is InChI=1S/C26H38O2/c1-6-9-12-20-14-19(5)26(28)24(16-20)22(11-8-3)23-17-25(27)18(4)15-21(23)13-10-7-2/h14-17,22,27-28H,6-13H2,1-5H3. The minimum absolute atomic E-state index is 0.114. The van der Waals surface area contributed by atoms with Crippen LogP contribution in [0, 0.1) is 13.8 Å². The van der Waals surface area contributed by atoms with Gasteiger partial charge in [-0.15, -0.1) is 0 Å². The van der Waals surface area contributed by atoms with Crippen molar-refractivity contribution in [3.8, 4) is 11.5 Å². The Labute approximate surface area is 171 Å². The molecule has 2 heteroatoms. The highest BCUT2D eigenvalue weighted by molar-refractivity contribution is 5.52. The van der Waals surface area contributed by atoms with Crippen LogP contribution in [0.4, 0.5) is 0 Å². The summed E-state index contributed by atoms with van der Waals surface area (Å²) in [4.78, 5) is 0. The Morgan fingerprint density at radius 2 is 1.43 bits per heavy atom. The number of unbranched alkanes of at least 4 members (excludes halogenated alkanes) is 2. The summed E-state index contributed by atoms with van der Waals surface area (Å²) in [5.41, 5.74) is 6.71. The van der Waals surface area contributed by atoms with E-state index in [1.54, 1.807) is 0 Å². The molecular weight excluding hydrogens is 344 g/mol. The lowest BCUT2D eigenvalue weighted by Crippen LogP contribution is -2.08. The second-order valence-corrected chi connectivity index (χ2v) is 8.24. The summed E-state index contributed by atoms with van der Waals surface area (Å²) >= 11 is 0. The van der Waals surface area contributed by atoms with E-state index in [0.29, 0.717) is 11.5 Å². The minimum Gasteiger partial charge on any atom is -0.508 e. The summed E-state index contributed by atoms with van der Waals surface area (Å²) in [5.74, 6) is 0.888. The summed E-state index contributed by atoms with van der Waals surface area (Å²) in [5, 5.41) is 21.4. The Balaban J connectivity index is 2.59. The number of phenolic OH excluding ortho intramolecular Hbond substituents is 2. The van der Waals surface area contributed by atoms with Crippen molar-refractivity contribution in [3.63, 3.8) is 0 Å². The SMILES string of the molecule is CCCCc1cc(C)c(O)c(C(CCC)c2cc(O)c(C)cc2CCCC)c1. The van der Waals surface area contributed by atoms with Crippen LogP contribution in [-0.4, -0.2) is 10.2 Å². The molecule has 0 amide bonds. The number of hydrogen-bond acceptors (Lipinski definition) is 2. The Morgan fingerprint density at radius 1 is 0.750 bits per heavy atom. The fraction of sp³-hybridized carbons (Fsp3) is 0.538. The molecule has 154 valence electrons. The molecule has 2 aromatic carbocycles. The number of benzene rings is 2. The van der Waals surface area contributed by atoms with E-state index in [1.807, 2.05) is 19.9 Å². The smallest absolute Gasteiger partial charge is 0.122 e. The summed E-state index contributed by atoms with van der Waals surface area (Å²) in [6, 6.07) is 8.43. The first kappa shape index (κ1) is 22.3. The summed E-state index contributed by atoms with van der Waals surface area (Å²) < 4.78 is 0. The number of aromatic hydroxyl groups is 2. The van der Waals surface area contributed by atoms with Crippen molar-refractivity contribution in [2.24, 2.45) is 0 Å². The maximum Gasteiger partial charge on any atom is 0.122 e. The maximum atomic E-state index is 10.9. The van der Waals surface area contributed by atoms with E-state index in [9.17, 15) is 10.2 Å². The van der Waals surface area contributed by atoms with Gasteiger partial charge >= 0.3 is 0 Å². The van der Waals surface area contributed by atoms with Crippen LogP contribution in [0.2, 0.25) is 0 Å². The Morgan fingerprint density at radius 3 is 2.07 bits per heavy atom. The van der Waals surface area contributed by atoms with E-state index in [2.05, 4.69) is 39.0 Å². The molecule has 0 spiro atoms. The first-order valence-electron chi connectivity index (χ1n) is 11.1. The molecule has 2 nitrogen and oxygen atoms in total. The summed E-state index contributed by atoms with van der Waals surface area (Å²) in [6.45, 7) is 10.6. The molecule has 0 fully saturated rings. The fourth-order valence-corrected chi connectivity index (χ4v) is 4.12. The zero-order chi connectivity index (χ0) is 20.7. The second-order valence-electron chi connectivity index (χ2n) is 8.24. The van der Waals surface area contributed by atoms with E-state index in [4.69, 9.17) is 0 Å².